The number of carbonyl (C=O) groups excluding carboxylic acids is 1. The van der Waals surface area contributed by atoms with Crippen molar-refractivity contribution in [1.82, 2.24) is 0 Å². The van der Waals surface area contributed by atoms with Crippen molar-refractivity contribution in [1.29, 1.82) is 0 Å². The number of ether oxygens (including phenoxy) is 1. The van der Waals surface area contributed by atoms with Gasteiger partial charge in [-0.05, 0) is 18.6 Å². The Balaban J connectivity index is 2.65. The minimum atomic E-state index is -0.862. The van der Waals surface area contributed by atoms with Crippen LogP contribution in [0.2, 0.25) is 0 Å². The van der Waals surface area contributed by atoms with E-state index in [2.05, 4.69) is 15.9 Å². The summed E-state index contributed by atoms with van der Waals surface area (Å²) in [4.78, 5) is 11.2. The summed E-state index contributed by atoms with van der Waals surface area (Å²) < 4.78 is 31.6. The summed E-state index contributed by atoms with van der Waals surface area (Å²) in [6, 6.07) is 2.12. The van der Waals surface area contributed by atoms with Crippen molar-refractivity contribution in [2.75, 3.05) is 11.9 Å². The molecule has 17 heavy (non-hydrogen) atoms. The Kier molecular flexibility index (Phi) is 5.34. The van der Waals surface area contributed by atoms with E-state index in [4.69, 9.17) is 4.74 Å². The Morgan fingerprint density at radius 2 is 2.00 bits per heavy atom. The highest BCUT2D eigenvalue weighted by Gasteiger charge is 2.13. The molecule has 6 heteroatoms. The van der Waals surface area contributed by atoms with Crippen molar-refractivity contribution in [3.05, 3.63) is 28.2 Å². The largest absolute Gasteiger partial charge is 0.449 e. The van der Waals surface area contributed by atoms with Gasteiger partial charge in [-0.3, -0.25) is 5.32 Å². The van der Waals surface area contributed by atoms with Gasteiger partial charge in [0.05, 0.1) is 6.61 Å². The van der Waals surface area contributed by atoms with Gasteiger partial charge in [0, 0.05) is 4.47 Å². The molecular formula is C11H12BrF2NO2. The number of carbonyl (C=O) groups is 1. The van der Waals surface area contributed by atoms with E-state index in [1.165, 1.54) is 0 Å². The van der Waals surface area contributed by atoms with Crippen LogP contribution in [0.15, 0.2) is 16.6 Å². The maximum absolute atomic E-state index is 13.3. The summed E-state index contributed by atoms with van der Waals surface area (Å²) in [6.07, 6.45) is 0.714. The van der Waals surface area contributed by atoms with Crippen molar-refractivity contribution in [3.63, 3.8) is 0 Å². The maximum Gasteiger partial charge on any atom is 0.411 e. The van der Waals surface area contributed by atoms with Crippen molar-refractivity contribution >= 4 is 27.7 Å². The summed E-state index contributed by atoms with van der Waals surface area (Å²) in [5, 5.41) is 2.03. The highest BCUT2D eigenvalue weighted by Crippen LogP contribution is 2.23. The molecule has 0 bridgehead atoms. The predicted molar refractivity (Wildman–Crippen MR) is 63.9 cm³/mol. The Hall–Kier alpha value is -1.17. The summed E-state index contributed by atoms with van der Waals surface area (Å²) in [5.41, 5.74) is -0.505. The van der Waals surface area contributed by atoms with E-state index in [1.54, 1.807) is 0 Å². The highest BCUT2D eigenvalue weighted by atomic mass is 79.9. The molecule has 1 N–H and O–H groups in total. The van der Waals surface area contributed by atoms with Gasteiger partial charge in [0.2, 0.25) is 0 Å². The molecule has 0 radical (unpaired) electrons. The Morgan fingerprint density at radius 3 is 2.53 bits per heavy atom. The van der Waals surface area contributed by atoms with Gasteiger partial charge in [-0.25, -0.2) is 13.6 Å². The second-order valence-electron chi connectivity index (χ2n) is 3.36. The summed E-state index contributed by atoms with van der Waals surface area (Å²) in [7, 11) is 0. The predicted octanol–water partition coefficient (Wildman–Crippen LogP) is 4.08. The molecule has 1 aromatic carbocycles. The molecule has 0 heterocycles. The molecular weight excluding hydrogens is 296 g/mol. The van der Waals surface area contributed by atoms with Crippen LogP contribution in [0, 0.1) is 11.6 Å². The van der Waals surface area contributed by atoms with Crippen LogP contribution in [0.1, 0.15) is 19.8 Å². The van der Waals surface area contributed by atoms with E-state index in [1.807, 2.05) is 12.2 Å². The fraction of sp³-hybridized carbons (Fsp3) is 0.364. The zero-order chi connectivity index (χ0) is 12.8. The average Bonchev–Trinajstić information content (AvgIpc) is 2.24. The lowest BCUT2D eigenvalue weighted by molar-refractivity contribution is 0.159. The van der Waals surface area contributed by atoms with Crippen molar-refractivity contribution in [3.8, 4) is 0 Å². The van der Waals surface area contributed by atoms with Crippen LogP contribution in [0.25, 0.3) is 0 Å². The number of benzene rings is 1. The molecule has 0 saturated heterocycles. The number of halogens is 3. The monoisotopic (exact) mass is 307 g/mol. The molecule has 0 spiro atoms. The molecule has 1 rings (SSSR count). The molecule has 0 atom stereocenters. The maximum atomic E-state index is 13.3. The molecule has 0 unspecified atom stereocenters. The van der Waals surface area contributed by atoms with Gasteiger partial charge < -0.3 is 4.74 Å². The van der Waals surface area contributed by atoms with Gasteiger partial charge in [-0.2, -0.15) is 0 Å². The number of rotatable bonds is 4. The lowest BCUT2D eigenvalue weighted by Crippen LogP contribution is -2.16. The first kappa shape index (κ1) is 13.9. The summed E-state index contributed by atoms with van der Waals surface area (Å²) >= 11 is 2.94. The Bertz CT molecular complexity index is 389. The van der Waals surface area contributed by atoms with E-state index in [-0.39, 0.29) is 11.1 Å². The Morgan fingerprint density at radius 1 is 1.41 bits per heavy atom. The molecule has 1 aromatic rings. The van der Waals surface area contributed by atoms with Crippen LogP contribution < -0.4 is 5.32 Å². The molecule has 0 saturated carbocycles. The minimum Gasteiger partial charge on any atom is -0.449 e. The van der Waals surface area contributed by atoms with Gasteiger partial charge in [0.15, 0.2) is 11.6 Å². The van der Waals surface area contributed by atoms with Crippen LogP contribution in [-0.2, 0) is 4.74 Å². The standard InChI is InChI=1S/C11H12BrF2NO2/c1-2-3-4-17-11(16)15-10-8(13)5-7(12)6-9(10)14/h5-6H,2-4H2,1H3,(H,15,16). The molecule has 0 aliphatic heterocycles. The molecule has 0 aliphatic rings. The van der Waals surface area contributed by atoms with Gasteiger partial charge >= 0.3 is 6.09 Å². The van der Waals surface area contributed by atoms with E-state index in [0.717, 1.165) is 18.6 Å². The smallest absolute Gasteiger partial charge is 0.411 e. The number of unbranched alkanes of at least 4 members (excludes halogenated alkanes) is 1. The SMILES string of the molecule is CCCCOC(=O)Nc1c(F)cc(Br)cc1F. The number of hydrogen-bond acceptors (Lipinski definition) is 2. The van der Waals surface area contributed by atoms with E-state index in [9.17, 15) is 13.6 Å². The third-order valence-corrected chi connectivity index (χ3v) is 2.42. The first-order chi connectivity index (χ1) is 8.04. The van der Waals surface area contributed by atoms with E-state index in [0.29, 0.717) is 6.42 Å². The van der Waals surface area contributed by atoms with Crippen LogP contribution >= 0.6 is 15.9 Å². The topological polar surface area (TPSA) is 38.3 Å². The molecule has 0 fully saturated rings. The van der Waals surface area contributed by atoms with Crippen LogP contribution in [0.4, 0.5) is 19.3 Å². The number of hydrogen-bond donors (Lipinski definition) is 1. The van der Waals surface area contributed by atoms with Crippen LogP contribution in [0.5, 0.6) is 0 Å². The van der Waals surface area contributed by atoms with Crippen LogP contribution in [0.3, 0.4) is 0 Å². The average molecular weight is 308 g/mol. The van der Waals surface area contributed by atoms with Crippen LogP contribution in [-0.4, -0.2) is 12.7 Å². The number of amides is 1. The molecule has 3 nitrogen and oxygen atoms in total. The first-order valence-electron chi connectivity index (χ1n) is 5.13. The second kappa shape index (κ2) is 6.54. The quantitative estimate of drug-likeness (QED) is 0.851. The van der Waals surface area contributed by atoms with Crippen molar-refractivity contribution in [2.24, 2.45) is 0 Å². The lowest BCUT2D eigenvalue weighted by atomic mass is 10.3. The fourth-order valence-corrected chi connectivity index (χ4v) is 1.51. The lowest BCUT2D eigenvalue weighted by Gasteiger charge is -2.08. The fourth-order valence-electron chi connectivity index (χ4n) is 1.11. The highest BCUT2D eigenvalue weighted by molar-refractivity contribution is 9.10. The Labute approximate surface area is 106 Å². The number of nitrogens with one attached hydrogen (secondary N) is 1. The van der Waals surface area contributed by atoms with Gasteiger partial charge in [-0.15, -0.1) is 0 Å². The van der Waals surface area contributed by atoms with E-state index < -0.39 is 23.4 Å². The molecule has 0 aliphatic carbocycles. The summed E-state index contributed by atoms with van der Waals surface area (Å²) in [6.45, 7) is 2.16. The molecule has 94 valence electrons. The molecule has 0 aromatic heterocycles. The summed E-state index contributed by atoms with van der Waals surface area (Å²) in [5.74, 6) is -1.71. The third kappa shape index (κ3) is 4.30. The minimum absolute atomic E-state index is 0.224. The number of anilines is 1. The third-order valence-electron chi connectivity index (χ3n) is 1.96. The zero-order valence-corrected chi connectivity index (χ0v) is 10.8. The normalized spacial score (nSPS) is 10.1. The molecule has 1 amide bonds. The first-order valence-corrected chi connectivity index (χ1v) is 5.92. The van der Waals surface area contributed by atoms with Gasteiger partial charge in [0.25, 0.3) is 0 Å². The van der Waals surface area contributed by atoms with Gasteiger partial charge in [-0.1, -0.05) is 29.3 Å². The van der Waals surface area contributed by atoms with E-state index >= 15 is 0 Å². The van der Waals surface area contributed by atoms with Crippen molar-refractivity contribution < 1.29 is 18.3 Å². The van der Waals surface area contributed by atoms with Gasteiger partial charge in [0.1, 0.15) is 5.69 Å². The zero-order valence-electron chi connectivity index (χ0n) is 9.23. The second-order valence-corrected chi connectivity index (χ2v) is 4.27. The van der Waals surface area contributed by atoms with Crippen molar-refractivity contribution in [2.45, 2.75) is 19.8 Å².